The van der Waals surface area contributed by atoms with Crippen molar-refractivity contribution in [1.82, 2.24) is 24.6 Å². The minimum atomic E-state index is -2.61. The number of alkyl halides is 2. The molecule has 1 fully saturated rings. The van der Waals surface area contributed by atoms with Crippen LogP contribution >= 0.6 is 0 Å². The second-order valence-corrected chi connectivity index (χ2v) is 8.24. The monoisotopic (exact) mass is 427 g/mol. The van der Waals surface area contributed by atoms with Gasteiger partial charge in [0.1, 0.15) is 6.54 Å². The van der Waals surface area contributed by atoms with Crippen molar-refractivity contribution in [1.29, 1.82) is 0 Å². The molecule has 1 aromatic carbocycles. The standard InChI is InChI=1S/C23H27F2N5O/c1-15-4-6-18(7-5-15)13-28-8-10-29(11-9-28)20(31)14-30-23-21(17(3)27-30)19(22(24)25)12-16(2)26-23/h4-7,12,22H,8-11,13-14H2,1-3H3. The lowest BCUT2D eigenvalue weighted by Crippen LogP contribution is -2.49. The van der Waals surface area contributed by atoms with Crippen molar-refractivity contribution in [2.45, 2.75) is 40.3 Å². The lowest BCUT2D eigenvalue weighted by atomic mass is 10.1. The van der Waals surface area contributed by atoms with Crippen LogP contribution < -0.4 is 0 Å². The molecular formula is C23H27F2N5O. The lowest BCUT2D eigenvalue weighted by Gasteiger charge is -2.34. The maximum Gasteiger partial charge on any atom is 0.264 e. The normalized spacial score (nSPS) is 15.2. The first-order valence-electron chi connectivity index (χ1n) is 10.5. The van der Waals surface area contributed by atoms with Crippen LogP contribution in [0.3, 0.4) is 0 Å². The van der Waals surface area contributed by atoms with E-state index in [9.17, 15) is 13.6 Å². The average Bonchev–Trinajstić information content (AvgIpc) is 3.04. The molecule has 0 bridgehead atoms. The van der Waals surface area contributed by atoms with Crippen molar-refractivity contribution in [3.63, 3.8) is 0 Å². The molecule has 2 aromatic heterocycles. The number of hydrogen-bond acceptors (Lipinski definition) is 4. The highest BCUT2D eigenvalue weighted by atomic mass is 19.3. The smallest absolute Gasteiger partial charge is 0.264 e. The summed E-state index contributed by atoms with van der Waals surface area (Å²) in [7, 11) is 0. The molecule has 164 valence electrons. The summed E-state index contributed by atoms with van der Waals surface area (Å²) < 4.78 is 28.4. The summed E-state index contributed by atoms with van der Waals surface area (Å²) in [6.07, 6.45) is -2.61. The molecule has 1 saturated heterocycles. The fraction of sp³-hybridized carbons (Fsp3) is 0.435. The average molecular weight is 427 g/mol. The molecule has 0 saturated carbocycles. The summed E-state index contributed by atoms with van der Waals surface area (Å²) in [6, 6.07) is 9.89. The highest BCUT2D eigenvalue weighted by molar-refractivity contribution is 5.84. The first-order valence-corrected chi connectivity index (χ1v) is 10.5. The summed E-state index contributed by atoms with van der Waals surface area (Å²) in [6.45, 7) is 9.16. The second kappa shape index (κ2) is 8.70. The molecule has 3 aromatic rings. The topological polar surface area (TPSA) is 54.3 Å². The van der Waals surface area contributed by atoms with Crippen LogP contribution in [0.2, 0.25) is 0 Å². The SMILES string of the molecule is Cc1ccc(CN2CCN(C(=O)Cn3nc(C)c4c(C(F)F)cc(C)nc43)CC2)cc1. The van der Waals surface area contributed by atoms with Gasteiger partial charge >= 0.3 is 0 Å². The van der Waals surface area contributed by atoms with E-state index in [0.29, 0.717) is 35.5 Å². The Bertz CT molecular complexity index is 1090. The van der Waals surface area contributed by atoms with E-state index in [1.807, 2.05) is 4.90 Å². The number of aryl methyl sites for hydroxylation is 3. The number of nitrogens with zero attached hydrogens (tertiary/aromatic N) is 5. The third kappa shape index (κ3) is 4.58. The van der Waals surface area contributed by atoms with Crippen molar-refractivity contribution in [3.05, 3.63) is 58.4 Å². The molecule has 31 heavy (non-hydrogen) atoms. The Morgan fingerprint density at radius 1 is 1.06 bits per heavy atom. The van der Waals surface area contributed by atoms with Gasteiger partial charge in [-0.2, -0.15) is 5.10 Å². The largest absolute Gasteiger partial charge is 0.339 e. The number of pyridine rings is 1. The molecule has 0 spiro atoms. The van der Waals surface area contributed by atoms with E-state index in [1.165, 1.54) is 21.9 Å². The quantitative estimate of drug-likeness (QED) is 0.624. The van der Waals surface area contributed by atoms with E-state index in [1.54, 1.807) is 13.8 Å². The van der Waals surface area contributed by atoms with Crippen LogP contribution in [0.15, 0.2) is 30.3 Å². The van der Waals surface area contributed by atoms with Crippen LogP contribution in [0.25, 0.3) is 11.0 Å². The van der Waals surface area contributed by atoms with Crippen molar-refractivity contribution >= 4 is 16.9 Å². The maximum atomic E-state index is 13.5. The van der Waals surface area contributed by atoms with Gasteiger partial charge in [0.15, 0.2) is 5.65 Å². The Labute approximate surface area is 180 Å². The van der Waals surface area contributed by atoms with Crippen molar-refractivity contribution in [3.8, 4) is 0 Å². The zero-order valence-corrected chi connectivity index (χ0v) is 18.1. The molecule has 8 heteroatoms. The number of benzene rings is 1. The van der Waals surface area contributed by atoms with Gasteiger partial charge in [0, 0.05) is 44.0 Å². The number of piperazine rings is 1. The van der Waals surface area contributed by atoms with Crippen LogP contribution in [-0.4, -0.2) is 56.7 Å². The van der Waals surface area contributed by atoms with E-state index in [-0.39, 0.29) is 18.0 Å². The van der Waals surface area contributed by atoms with Crippen LogP contribution in [0, 0.1) is 20.8 Å². The third-order valence-corrected chi connectivity index (χ3v) is 5.81. The summed E-state index contributed by atoms with van der Waals surface area (Å²) >= 11 is 0. The van der Waals surface area contributed by atoms with Gasteiger partial charge in [-0.3, -0.25) is 9.69 Å². The summed E-state index contributed by atoms with van der Waals surface area (Å²) in [5.74, 6) is -0.0683. The van der Waals surface area contributed by atoms with Gasteiger partial charge in [-0.25, -0.2) is 18.4 Å². The lowest BCUT2D eigenvalue weighted by molar-refractivity contribution is -0.133. The Morgan fingerprint density at radius 3 is 2.39 bits per heavy atom. The van der Waals surface area contributed by atoms with Gasteiger partial charge in [-0.05, 0) is 32.4 Å². The predicted octanol–water partition coefficient (Wildman–Crippen LogP) is 3.64. The number of aromatic nitrogens is 3. The van der Waals surface area contributed by atoms with Crippen LogP contribution in [-0.2, 0) is 17.9 Å². The second-order valence-electron chi connectivity index (χ2n) is 8.24. The molecule has 0 aliphatic carbocycles. The third-order valence-electron chi connectivity index (χ3n) is 5.81. The van der Waals surface area contributed by atoms with Gasteiger partial charge in [0.05, 0.1) is 11.1 Å². The van der Waals surface area contributed by atoms with Gasteiger partial charge in [0.25, 0.3) is 6.43 Å². The van der Waals surface area contributed by atoms with E-state index in [2.05, 4.69) is 46.2 Å². The molecule has 6 nitrogen and oxygen atoms in total. The van der Waals surface area contributed by atoms with E-state index in [0.717, 1.165) is 19.6 Å². The Balaban J connectivity index is 1.42. The molecule has 4 rings (SSSR count). The van der Waals surface area contributed by atoms with Gasteiger partial charge in [0.2, 0.25) is 5.91 Å². The molecule has 1 amide bonds. The Kier molecular flexibility index (Phi) is 6.00. The van der Waals surface area contributed by atoms with Gasteiger partial charge in [-0.1, -0.05) is 29.8 Å². The van der Waals surface area contributed by atoms with Crippen molar-refractivity contribution < 1.29 is 13.6 Å². The van der Waals surface area contributed by atoms with E-state index in [4.69, 9.17) is 0 Å². The molecule has 0 atom stereocenters. The zero-order valence-electron chi connectivity index (χ0n) is 18.1. The Hall–Kier alpha value is -2.87. The number of rotatable bonds is 5. The number of halogens is 2. The Morgan fingerprint density at radius 2 is 1.74 bits per heavy atom. The van der Waals surface area contributed by atoms with Gasteiger partial charge < -0.3 is 4.90 Å². The fourth-order valence-electron chi connectivity index (χ4n) is 4.13. The molecular weight excluding hydrogens is 400 g/mol. The fourth-order valence-corrected chi connectivity index (χ4v) is 4.13. The van der Waals surface area contributed by atoms with Crippen LogP contribution in [0.5, 0.6) is 0 Å². The van der Waals surface area contributed by atoms with Crippen LogP contribution in [0.1, 0.15) is 34.5 Å². The van der Waals surface area contributed by atoms with Gasteiger partial charge in [-0.15, -0.1) is 0 Å². The minimum absolute atomic E-state index is 0.00142. The number of carbonyl (C=O) groups is 1. The number of fused-ring (bicyclic) bond motifs is 1. The first kappa shape index (κ1) is 21.4. The maximum absolute atomic E-state index is 13.5. The predicted molar refractivity (Wildman–Crippen MR) is 115 cm³/mol. The number of hydrogen-bond donors (Lipinski definition) is 0. The molecule has 3 heterocycles. The molecule has 0 N–H and O–H groups in total. The van der Waals surface area contributed by atoms with Crippen LogP contribution in [0.4, 0.5) is 8.78 Å². The van der Waals surface area contributed by atoms with E-state index >= 15 is 0 Å². The van der Waals surface area contributed by atoms with E-state index < -0.39 is 6.43 Å². The number of carbonyl (C=O) groups excluding carboxylic acids is 1. The molecule has 1 aliphatic heterocycles. The molecule has 0 radical (unpaired) electrons. The van der Waals surface area contributed by atoms with Crippen molar-refractivity contribution in [2.75, 3.05) is 26.2 Å². The van der Waals surface area contributed by atoms with Crippen molar-refractivity contribution in [2.24, 2.45) is 0 Å². The zero-order chi connectivity index (χ0) is 22.1. The summed E-state index contributed by atoms with van der Waals surface area (Å²) in [5.41, 5.74) is 3.73. The summed E-state index contributed by atoms with van der Waals surface area (Å²) in [5, 5.41) is 4.69. The molecule has 1 aliphatic rings. The summed E-state index contributed by atoms with van der Waals surface area (Å²) in [4.78, 5) is 21.4. The number of amides is 1. The first-order chi connectivity index (χ1) is 14.8. The highest BCUT2D eigenvalue weighted by Gasteiger charge is 2.24. The minimum Gasteiger partial charge on any atom is -0.339 e. The highest BCUT2D eigenvalue weighted by Crippen LogP contribution is 2.30. The molecule has 0 unspecified atom stereocenters.